The zero-order valence-corrected chi connectivity index (χ0v) is 17.8. The van der Waals surface area contributed by atoms with Crippen molar-refractivity contribution >= 4 is 23.5 Å². The van der Waals surface area contributed by atoms with Crippen molar-refractivity contribution < 1.29 is 9.53 Å². The molecule has 0 saturated carbocycles. The molecule has 0 radical (unpaired) electrons. The van der Waals surface area contributed by atoms with Crippen LogP contribution in [0.1, 0.15) is 35.2 Å². The van der Waals surface area contributed by atoms with Gasteiger partial charge in [0.25, 0.3) is 5.91 Å². The number of rotatable bonds is 7. The van der Waals surface area contributed by atoms with Crippen LogP contribution in [0.4, 0.5) is 17.6 Å². The van der Waals surface area contributed by atoms with Crippen molar-refractivity contribution in [2.45, 2.75) is 26.2 Å². The van der Waals surface area contributed by atoms with Gasteiger partial charge in [-0.1, -0.05) is 24.1 Å². The number of nitrogens with one attached hydrogen (secondary N) is 1. The number of carbonyl (C=O) groups excluding carboxylic acids is 1. The lowest BCUT2D eigenvalue weighted by molar-refractivity contribution is 0.0948. The summed E-state index contributed by atoms with van der Waals surface area (Å²) in [6, 6.07) is 14.8. The van der Waals surface area contributed by atoms with Crippen LogP contribution in [-0.4, -0.2) is 51.8 Å². The van der Waals surface area contributed by atoms with Crippen LogP contribution in [0.2, 0.25) is 0 Å². The SMILES string of the molecule is Cc1ccc(C(=O)n2nc(Nc3ccc(OCCN4CCCCC4)cc3)nc2N)cc1. The smallest absolute Gasteiger partial charge is 0.281 e. The first kappa shape index (κ1) is 20.9. The number of hydrogen-bond acceptors (Lipinski definition) is 7. The lowest BCUT2D eigenvalue weighted by Crippen LogP contribution is -2.33. The number of carbonyl (C=O) groups is 1. The number of piperidine rings is 1. The number of benzene rings is 2. The molecule has 2 aromatic carbocycles. The molecule has 1 saturated heterocycles. The van der Waals surface area contributed by atoms with Crippen molar-refractivity contribution in [3.63, 3.8) is 0 Å². The quantitative estimate of drug-likeness (QED) is 0.604. The van der Waals surface area contributed by atoms with Crippen molar-refractivity contribution in [2.24, 2.45) is 0 Å². The molecule has 2 heterocycles. The summed E-state index contributed by atoms with van der Waals surface area (Å²) in [6.07, 6.45) is 3.90. The fourth-order valence-corrected chi connectivity index (χ4v) is 3.58. The van der Waals surface area contributed by atoms with Gasteiger partial charge < -0.3 is 15.8 Å². The molecule has 3 N–H and O–H groups in total. The normalized spacial score (nSPS) is 14.4. The van der Waals surface area contributed by atoms with Gasteiger partial charge in [-0.2, -0.15) is 9.67 Å². The molecule has 0 spiro atoms. The monoisotopic (exact) mass is 420 g/mol. The summed E-state index contributed by atoms with van der Waals surface area (Å²) in [5.41, 5.74) is 8.26. The number of aryl methyl sites for hydroxylation is 1. The van der Waals surface area contributed by atoms with E-state index in [1.807, 2.05) is 43.3 Å². The number of anilines is 3. The second-order valence-corrected chi connectivity index (χ2v) is 7.78. The van der Waals surface area contributed by atoms with Crippen molar-refractivity contribution in [1.29, 1.82) is 0 Å². The van der Waals surface area contributed by atoms with E-state index in [9.17, 15) is 4.79 Å². The third-order valence-electron chi connectivity index (χ3n) is 5.36. The average molecular weight is 421 g/mol. The molecule has 3 aromatic rings. The molecule has 1 aliphatic heterocycles. The van der Waals surface area contributed by atoms with Crippen molar-refractivity contribution in [3.8, 4) is 5.75 Å². The van der Waals surface area contributed by atoms with Gasteiger partial charge in [0, 0.05) is 17.8 Å². The minimum Gasteiger partial charge on any atom is -0.492 e. The van der Waals surface area contributed by atoms with Gasteiger partial charge in [-0.25, -0.2) is 0 Å². The predicted molar refractivity (Wildman–Crippen MR) is 121 cm³/mol. The Morgan fingerprint density at radius 1 is 1.06 bits per heavy atom. The number of aromatic nitrogens is 3. The zero-order valence-electron chi connectivity index (χ0n) is 17.8. The van der Waals surface area contributed by atoms with Gasteiger partial charge in [0.15, 0.2) is 0 Å². The molecule has 0 bridgehead atoms. The van der Waals surface area contributed by atoms with Gasteiger partial charge in [-0.05, 0) is 69.3 Å². The van der Waals surface area contributed by atoms with Gasteiger partial charge >= 0.3 is 0 Å². The molecule has 8 nitrogen and oxygen atoms in total. The summed E-state index contributed by atoms with van der Waals surface area (Å²) < 4.78 is 6.96. The topological polar surface area (TPSA) is 98.3 Å². The molecule has 162 valence electrons. The number of nitrogens with two attached hydrogens (primary N) is 1. The maximum absolute atomic E-state index is 12.6. The molecule has 1 aromatic heterocycles. The summed E-state index contributed by atoms with van der Waals surface area (Å²) in [7, 11) is 0. The molecular formula is C23H28N6O2. The summed E-state index contributed by atoms with van der Waals surface area (Å²) in [5, 5.41) is 7.29. The zero-order chi connectivity index (χ0) is 21.6. The number of hydrogen-bond donors (Lipinski definition) is 2. The number of likely N-dealkylation sites (tertiary alicyclic amines) is 1. The van der Waals surface area contributed by atoms with E-state index in [0.717, 1.165) is 28.2 Å². The van der Waals surface area contributed by atoms with Crippen LogP contribution in [0.25, 0.3) is 0 Å². The van der Waals surface area contributed by atoms with Crippen LogP contribution in [-0.2, 0) is 0 Å². The maximum atomic E-state index is 12.6. The molecule has 1 fully saturated rings. The Hall–Kier alpha value is -3.39. The van der Waals surface area contributed by atoms with E-state index in [0.29, 0.717) is 12.2 Å². The van der Waals surface area contributed by atoms with Crippen molar-refractivity contribution in [3.05, 3.63) is 59.7 Å². The Morgan fingerprint density at radius 3 is 2.48 bits per heavy atom. The van der Waals surface area contributed by atoms with E-state index < -0.39 is 0 Å². The van der Waals surface area contributed by atoms with Crippen LogP contribution in [0, 0.1) is 6.92 Å². The molecule has 0 unspecified atom stereocenters. The van der Waals surface area contributed by atoms with Crippen LogP contribution in [0.15, 0.2) is 48.5 Å². The summed E-state index contributed by atoms with van der Waals surface area (Å²) in [6.45, 7) is 5.93. The Morgan fingerprint density at radius 2 is 1.77 bits per heavy atom. The van der Waals surface area contributed by atoms with Crippen LogP contribution < -0.4 is 15.8 Å². The summed E-state index contributed by atoms with van der Waals surface area (Å²) in [4.78, 5) is 19.2. The van der Waals surface area contributed by atoms with E-state index in [1.54, 1.807) is 12.1 Å². The molecule has 31 heavy (non-hydrogen) atoms. The summed E-state index contributed by atoms with van der Waals surface area (Å²) >= 11 is 0. The van der Waals surface area contributed by atoms with E-state index in [4.69, 9.17) is 10.5 Å². The highest BCUT2D eigenvalue weighted by Gasteiger charge is 2.16. The first-order valence-electron chi connectivity index (χ1n) is 10.6. The fourth-order valence-electron chi connectivity index (χ4n) is 3.58. The minimum absolute atomic E-state index is 0.0331. The highest BCUT2D eigenvalue weighted by atomic mass is 16.5. The molecule has 4 rings (SSSR count). The standard InChI is InChI=1S/C23H28N6O2/c1-17-5-7-18(8-6-17)21(30)29-22(24)26-23(27-29)25-19-9-11-20(12-10-19)31-16-15-28-13-3-2-4-14-28/h5-12H,2-4,13-16H2,1H3,(H3,24,25,26,27). The highest BCUT2D eigenvalue weighted by Crippen LogP contribution is 2.20. The second kappa shape index (κ2) is 9.61. The van der Waals surface area contributed by atoms with Crippen LogP contribution >= 0.6 is 0 Å². The van der Waals surface area contributed by atoms with Crippen LogP contribution in [0.3, 0.4) is 0 Å². The molecule has 0 amide bonds. The third-order valence-corrected chi connectivity index (χ3v) is 5.36. The molecule has 1 aliphatic rings. The van der Waals surface area contributed by atoms with Gasteiger partial charge in [-0.3, -0.25) is 9.69 Å². The molecule has 0 aliphatic carbocycles. The Balaban J connectivity index is 1.33. The lowest BCUT2D eigenvalue weighted by Gasteiger charge is -2.26. The Bertz CT molecular complexity index is 1010. The first-order valence-corrected chi connectivity index (χ1v) is 10.6. The van der Waals surface area contributed by atoms with Gasteiger partial charge in [0.1, 0.15) is 12.4 Å². The summed E-state index contributed by atoms with van der Waals surface area (Å²) in [5.74, 6) is 0.785. The number of nitrogens with zero attached hydrogens (tertiary/aromatic N) is 4. The number of ether oxygens (including phenoxy) is 1. The van der Waals surface area contributed by atoms with E-state index in [-0.39, 0.29) is 17.8 Å². The van der Waals surface area contributed by atoms with E-state index in [1.165, 1.54) is 32.4 Å². The Labute approximate surface area is 182 Å². The molecular weight excluding hydrogens is 392 g/mol. The molecule has 0 atom stereocenters. The molecule has 8 heteroatoms. The Kier molecular flexibility index (Phi) is 6.47. The predicted octanol–water partition coefficient (Wildman–Crippen LogP) is 3.47. The number of nitrogen functional groups attached to an aromatic ring is 1. The third kappa shape index (κ3) is 5.40. The van der Waals surface area contributed by atoms with E-state index >= 15 is 0 Å². The van der Waals surface area contributed by atoms with Gasteiger partial charge in [-0.15, -0.1) is 5.10 Å². The largest absolute Gasteiger partial charge is 0.492 e. The van der Waals surface area contributed by atoms with Crippen molar-refractivity contribution in [1.82, 2.24) is 19.7 Å². The van der Waals surface area contributed by atoms with Crippen molar-refractivity contribution in [2.75, 3.05) is 37.3 Å². The van der Waals surface area contributed by atoms with Gasteiger partial charge in [0.2, 0.25) is 11.9 Å². The first-order chi connectivity index (χ1) is 15.1. The maximum Gasteiger partial charge on any atom is 0.281 e. The minimum atomic E-state index is -0.324. The highest BCUT2D eigenvalue weighted by molar-refractivity contribution is 5.96. The fraction of sp³-hybridized carbons (Fsp3) is 0.348. The van der Waals surface area contributed by atoms with Crippen LogP contribution in [0.5, 0.6) is 5.75 Å². The second-order valence-electron chi connectivity index (χ2n) is 7.78. The van der Waals surface area contributed by atoms with E-state index in [2.05, 4.69) is 20.3 Å². The average Bonchev–Trinajstić information content (AvgIpc) is 3.15. The lowest BCUT2D eigenvalue weighted by atomic mass is 10.1. The van der Waals surface area contributed by atoms with Gasteiger partial charge in [0.05, 0.1) is 0 Å².